The van der Waals surface area contributed by atoms with Gasteiger partial charge in [0.25, 0.3) is 0 Å². The number of allylic oxidation sites excluding steroid dienone is 1. The summed E-state index contributed by atoms with van der Waals surface area (Å²) in [5, 5.41) is 0. The van der Waals surface area contributed by atoms with E-state index in [-0.39, 0.29) is 35.6 Å². The molecule has 3 aliphatic rings. The molecule has 0 radical (unpaired) electrons. The fourth-order valence-corrected chi connectivity index (χ4v) is 3.68. The summed E-state index contributed by atoms with van der Waals surface area (Å²) < 4.78 is 9.72. The Morgan fingerprint density at radius 3 is 2.11 bits per heavy atom. The smallest absolute Gasteiger partial charge is 0.317 e. The normalized spacial score (nSPS) is 42.1. The van der Waals surface area contributed by atoms with Gasteiger partial charge in [0.15, 0.2) is 0 Å². The van der Waals surface area contributed by atoms with Crippen LogP contribution in [0.4, 0.5) is 0 Å². The van der Waals surface area contributed by atoms with Crippen molar-refractivity contribution < 1.29 is 23.9 Å². The van der Waals surface area contributed by atoms with E-state index in [0.717, 1.165) is 0 Å². The monoisotopic (exact) mass is 264 g/mol. The van der Waals surface area contributed by atoms with Crippen LogP contribution in [0.15, 0.2) is 12.3 Å². The minimum absolute atomic E-state index is 0.0615. The number of carbonyl (C=O) groups excluding carboxylic acids is 3. The summed E-state index contributed by atoms with van der Waals surface area (Å²) in [6, 6.07) is 0. The average molecular weight is 264 g/mol. The third kappa shape index (κ3) is 1.88. The molecule has 0 aromatic rings. The highest BCUT2D eigenvalue weighted by atomic mass is 16.6. The van der Waals surface area contributed by atoms with E-state index in [1.807, 2.05) is 6.92 Å². The molecule has 102 valence electrons. The molecular formula is C14H16O5. The van der Waals surface area contributed by atoms with Crippen molar-refractivity contribution in [2.75, 3.05) is 0 Å². The van der Waals surface area contributed by atoms with Crippen molar-refractivity contribution in [3.8, 4) is 0 Å². The molecule has 0 aromatic heterocycles. The van der Waals surface area contributed by atoms with Crippen LogP contribution in [0.25, 0.3) is 0 Å². The molecule has 2 aliphatic heterocycles. The third-order valence-electron chi connectivity index (χ3n) is 4.69. The van der Waals surface area contributed by atoms with Gasteiger partial charge in [-0.15, -0.1) is 0 Å². The lowest BCUT2D eigenvalue weighted by Gasteiger charge is -2.35. The molecule has 3 fully saturated rings. The summed E-state index contributed by atoms with van der Waals surface area (Å²) in [4.78, 5) is 35.0. The zero-order valence-corrected chi connectivity index (χ0v) is 10.8. The molecule has 0 N–H and O–H groups in total. The number of ether oxygens (including phenoxy) is 2. The zero-order valence-electron chi connectivity index (χ0n) is 10.8. The minimum Gasteiger partial charge on any atom is -0.431 e. The second-order valence-corrected chi connectivity index (χ2v) is 5.84. The lowest BCUT2D eigenvalue weighted by molar-refractivity contribution is -0.154. The van der Waals surface area contributed by atoms with E-state index in [4.69, 9.17) is 9.47 Å². The van der Waals surface area contributed by atoms with Crippen LogP contribution in [0, 0.1) is 29.6 Å². The van der Waals surface area contributed by atoms with Crippen LogP contribution in [0.2, 0.25) is 0 Å². The highest BCUT2D eigenvalue weighted by molar-refractivity contribution is 5.96. The van der Waals surface area contributed by atoms with E-state index >= 15 is 0 Å². The first-order valence-electron chi connectivity index (χ1n) is 6.62. The van der Waals surface area contributed by atoms with Crippen LogP contribution in [-0.2, 0) is 23.9 Å². The Bertz CT molecular complexity index is 480. The van der Waals surface area contributed by atoms with Crippen molar-refractivity contribution in [3.63, 3.8) is 0 Å². The summed E-state index contributed by atoms with van der Waals surface area (Å²) in [5.41, 5.74) is 0. The molecule has 5 atom stereocenters. The molecule has 5 heteroatoms. The zero-order chi connectivity index (χ0) is 13.7. The maximum atomic E-state index is 11.8. The van der Waals surface area contributed by atoms with Crippen molar-refractivity contribution in [1.82, 2.24) is 0 Å². The van der Waals surface area contributed by atoms with Gasteiger partial charge in [-0.25, -0.2) is 0 Å². The van der Waals surface area contributed by atoms with Crippen molar-refractivity contribution in [2.24, 2.45) is 29.6 Å². The maximum absolute atomic E-state index is 11.8. The molecule has 1 saturated carbocycles. The van der Waals surface area contributed by atoms with Gasteiger partial charge in [0, 0.05) is 6.42 Å². The van der Waals surface area contributed by atoms with Crippen molar-refractivity contribution in [3.05, 3.63) is 12.3 Å². The Labute approximate surface area is 110 Å². The molecule has 2 heterocycles. The van der Waals surface area contributed by atoms with Gasteiger partial charge in [0.05, 0.1) is 17.8 Å². The van der Waals surface area contributed by atoms with Crippen LogP contribution in [0.3, 0.4) is 0 Å². The molecule has 5 unspecified atom stereocenters. The maximum Gasteiger partial charge on any atom is 0.317 e. The molecule has 5 nitrogen and oxygen atoms in total. The molecule has 1 aliphatic carbocycles. The predicted octanol–water partition coefficient (Wildman–Crippen LogP) is 1.43. The van der Waals surface area contributed by atoms with Gasteiger partial charge in [-0.1, -0.05) is 13.5 Å². The van der Waals surface area contributed by atoms with Gasteiger partial charge in [0.1, 0.15) is 5.76 Å². The minimum atomic E-state index is -0.433. The molecule has 0 amide bonds. The summed E-state index contributed by atoms with van der Waals surface area (Å²) in [5.74, 6) is -1.26. The Kier molecular flexibility index (Phi) is 2.73. The fraction of sp³-hybridized carbons (Fsp3) is 0.643. The lowest BCUT2D eigenvalue weighted by Crippen LogP contribution is -2.37. The van der Waals surface area contributed by atoms with E-state index in [0.29, 0.717) is 25.0 Å². The van der Waals surface area contributed by atoms with Crippen molar-refractivity contribution >= 4 is 17.9 Å². The van der Waals surface area contributed by atoms with Crippen LogP contribution >= 0.6 is 0 Å². The fourth-order valence-electron chi connectivity index (χ4n) is 3.68. The molecular weight excluding hydrogens is 248 g/mol. The number of carbonyl (C=O) groups is 3. The first kappa shape index (κ1) is 12.4. The lowest BCUT2D eigenvalue weighted by atomic mass is 9.65. The Balaban J connectivity index is 1.81. The number of esters is 3. The van der Waals surface area contributed by atoms with Gasteiger partial charge in [-0.3, -0.25) is 14.4 Å². The number of cyclic esters (lactones) is 3. The molecule has 19 heavy (non-hydrogen) atoms. The molecule has 0 bridgehead atoms. The van der Waals surface area contributed by atoms with Gasteiger partial charge in [-0.05, 0) is 24.7 Å². The molecule has 0 spiro atoms. The van der Waals surface area contributed by atoms with Crippen LogP contribution in [0.1, 0.15) is 26.2 Å². The van der Waals surface area contributed by atoms with Gasteiger partial charge >= 0.3 is 17.9 Å². The first-order valence-corrected chi connectivity index (χ1v) is 6.62. The number of rotatable bonds is 1. The quantitative estimate of drug-likeness (QED) is 0.529. The van der Waals surface area contributed by atoms with E-state index in [1.165, 1.54) is 0 Å². The second kappa shape index (κ2) is 4.18. The van der Waals surface area contributed by atoms with E-state index in [1.54, 1.807) is 0 Å². The second-order valence-electron chi connectivity index (χ2n) is 5.84. The topological polar surface area (TPSA) is 69.7 Å². The number of hydrogen-bond acceptors (Lipinski definition) is 5. The molecule has 3 rings (SSSR count). The number of hydrogen-bond donors (Lipinski definition) is 0. The van der Waals surface area contributed by atoms with Gasteiger partial charge < -0.3 is 9.47 Å². The largest absolute Gasteiger partial charge is 0.431 e. The van der Waals surface area contributed by atoms with E-state index in [9.17, 15) is 14.4 Å². The molecule has 0 aromatic carbocycles. The highest BCUT2D eigenvalue weighted by Crippen LogP contribution is 2.47. The van der Waals surface area contributed by atoms with Crippen molar-refractivity contribution in [2.45, 2.75) is 26.2 Å². The predicted molar refractivity (Wildman–Crippen MR) is 63.3 cm³/mol. The van der Waals surface area contributed by atoms with Crippen LogP contribution in [0.5, 0.6) is 0 Å². The first-order chi connectivity index (χ1) is 8.97. The highest BCUT2D eigenvalue weighted by Gasteiger charge is 2.52. The third-order valence-corrected chi connectivity index (χ3v) is 4.69. The Morgan fingerprint density at radius 2 is 1.53 bits per heavy atom. The van der Waals surface area contributed by atoms with Gasteiger partial charge in [-0.2, -0.15) is 0 Å². The summed E-state index contributed by atoms with van der Waals surface area (Å²) in [6.45, 7) is 5.70. The summed E-state index contributed by atoms with van der Waals surface area (Å²) in [7, 11) is 0. The SMILES string of the molecule is C=C1CC(C2CC3C(=O)OC(=O)C3CC2C)C(=O)O1. The summed E-state index contributed by atoms with van der Waals surface area (Å²) in [6.07, 6.45) is 1.66. The Morgan fingerprint density at radius 1 is 0.947 bits per heavy atom. The van der Waals surface area contributed by atoms with Crippen molar-refractivity contribution in [1.29, 1.82) is 0 Å². The van der Waals surface area contributed by atoms with Gasteiger partial charge in [0.2, 0.25) is 0 Å². The average Bonchev–Trinajstić information content (AvgIpc) is 2.79. The van der Waals surface area contributed by atoms with E-state index < -0.39 is 11.9 Å². The standard InChI is InChI=1S/C14H16O5/c1-6-3-9-11(14(17)19-13(9)16)5-8(6)10-4-7(2)18-12(10)15/h6,8-11H,2-5H2,1H3. The Hall–Kier alpha value is -1.65. The van der Waals surface area contributed by atoms with E-state index in [2.05, 4.69) is 6.58 Å². The van der Waals surface area contributed by atoms with Crippen LogP contribution in [-0.4, -0.2) is 17.9 Å². The number of fused-ring (bicyclic) bond motifs is 1. The summed E-state index contributed by atoms with van der Waals surface area (Å²) >= 11 is 0. The van der Waals surface area contributed by atoms with Crippen LogP contribution < -0.4 is 0 Å². The molecule has 2 saturated heterocycles.